The van der Waals surface area contributed by atoms with Crippen molar-refractivity contribution in [2.75, 3.05) is 10.5 Å². The highest BCUT2D eigenvalue weighted by atomic mass is 32.2. The molecule has 1 heterocycles. The molecule has 98 valence electrons. The highest BCUT2D eigenvalue weighted by molar-refractivity contribution is 7.92. The van der Waals surface area contributed by atoms with E-state index in [9.17, 15) is 8.42 Å². The number of nitrogens with two attached hydrogens (primary N) is 1. The van der Waals surface area contributed by atoms with E-state index in [2.05, 4.69) is 9.82 Å². The van der Waals surface area contributed by atoms with Crippen LogP contribution in [-0.2, 0) is 23.6 Å². The minimum atomic E-state index is -3.33. The van der Waals surface area contributed by atoms with Crippen molar-refractivity contribution in [2.45, 2.75) is 26.8 Å². The van der Waals surface area contributed by atoms with E-state index in [0.717, 1.165) is 0 Å². The summed E-state index contributed by atoms with van der Waals surface area (Å²) in [5.74, 6) is 0.786. The summed E-state index contributed by atoms with van der Waals surface area (Å²) in [6, 6.07) is 0. The summed E-state index contributed by atoms with van der Waals surface area (Å²) in [6.07, 6.45) is 2.33. The lowest BCUT2D eigenvalue weighted by atomic mass is 10.2. The molecule has 0 aliphatic heterocycles. The van der Waals surface area contributed by atoms with Crippen LogP contribution in [0.2, 0.25) is 0 Å². The van der Waals surface area contributed by atoms with Gasteiger partial charge in [0, 0.05) is 25.4 Å². The zero-order valence-corrected chi connectivity index (χ0v) is 11.3. The molecule has 17 heavy (non-hydrogen) atoms. The number of sulfonamides is 1. The van der Waals surface area contributed by atoms with E-state index in [-0.39, 0.29) is 12.3 Å². The van der Waals surface area contributed by atoms with Crippen molar-refractivity contribution in [3.8, 4) is 0 Å². The Kier molecular flexibility index (Phi) is 4.53. The van der Waals surface area contributed by atoms with Crippen molar-refractivity contribution in [3.05, 3.63) is 11.8 Å². The van der Waals surface area contributed by atoms with Gasteiger partial charge in [0.25, 0.3) is 0 Å². The Morgan fingerprint density at radius 3 is 2.71 bits per heavy atom. The molecule has 6 nitrogen and oxygen atoms in total. The first-order valence-corrected chi connectivity index (χ1v) is 7.22. The first kappa shape index (κ1) is 14.0. The Balaban J connectivity index is 2.75. The van der Waals surface area contributed by atoms with E-state index in [1.54, 1.807) is 17.9 Å². The van der Waals surface area contributed by atoms with Crippen molar-refractivity contribution < 1.29 is 8.42 Å². The Hall–Kier alpha value is -1.08. The van der Waals surface area contributed by atoms with Crippen molar-refractivity contribution in [3.63, 3.8) is 0 Å². The largest absolute Gasteiger partial charge is 0.326 e. The van der Waals surface area contributed by atoms with Crippen LogP contribution in [0, 0.1) is 5.92 Å². The van der Waals surface area contributed by atoms with Gasteiger partial charge in [-0.25, -0.2) is 8.42 Å². The minimum Gasteiger partial charge on any atom is -0.326 e. The van der Waals surface area contributed by atoms with Crippen molar-refractivity contribution in [1.82, 2.24) is 9.78 Å². The van der Waals surface area contributed by atoms with Gasteiger partial charge >= 0.3 is 0 Å². The van der Waals surface area contributed by atoms with Crippen LogP contribution < -0.4 is 10.5 Å². The molecule has 3 N–H and O–H groups in total. The van der Waals surface area contributed by atoms with Crippen LogP contribution in [0.1, 0.15) is 25.8 Å². The van der Waals surface area contributed by atoms with E-state index in [1.165, 1.54) is 0 Å². The molecular formula is C10H20N4O2S. The summed E-state index contributed by atoms with van der Waals surface area (Å²) >= 11 is 0. The molecule has 0 aliphatic carbocycles. The number of nitrogens with zero attached hydrogens (tertiary/aromatic N) is 2. The van der Waals surface area contributed by atoms with Gasteiger partial charge in [0.15, 0.2) is 5.82 Å². The lowest BCUT2D eigenvalue weighted by Gasteiger charge is -2.08. The van der Waals surface area contributed by atoms with Crippen LogP contribution >= 0.6 is 0 Å². The predicted molar refractivity (Wildman–Crippen MR) is 68.0 cm³/mol. The molecular weight excluding hydrogens is 240 g/mol. The second-order valence-electron chi connectivity index (χ2n) is 4.48. The highest BCUT2D eigenvalue weighted by Crippen LogP contribution is 2.14. The van der Waals surface area contributed by atoms with Crippen molar-refractivity contribution >= 4 is 15.8 Å². The van der Waals surface area contributed by atoms with Crippen LogP contribution in [0.5, 0.6) is 0 Å². The second kappa shape index (κ2) is 5.50. The van der Waals surface area contributed by atoms with E-state index in [0.29, 0.717) is 23.7 Å². The summed E-state index contributed by atoms with van der Waals surface area (Å²) in [7, 11) is -1.60. The van der Waals surface area contributed by atoms with Gasteiger partial charge in [-0.1, -0.05) is 13.8 Å². The number of anilines is 1. The molecule has 7 heteroatoms. The van der Waals surface area contributed by atoms with Gasteiger partial charge in [0.2, 0.25) is 10.0 Å². The minimum absolute atomic E-state index is 0.102. The van der Waals surface area contributed by atoms with Gasteiger partial charge < -0.3 is 5.73 Å². The summed E-state index contributed by atoms with van der Waals surface area (Å²) in [4.78, 5) is 0. The molecule has 0 amide bonds. The van der Waals surface area contributed by atoms with Crippen LogP contribution in [0.15, 0.2) is 6.20 Å². The number of hydrogen-bond acceptors (Lipinski definition) is 4. The lowest BCUT2D eigenvalue weighted by molar-refractivity contribution is 0.577. The summed E-state index contributed by atoms with van der Waals surface area (Å²) in [6.45, 7) is 4.24. The normalized spacial score (nSPS) is 12.1. The second-order valence-corrected chi connectivity index (χ2v) is 6.33. The first-order valence-electron chi connectivity index (χ1n) is 5.57. The Morgan fingerprint density at radius 1 is 1.53 bits per heavy atom. The van der Waals surface area contributed by atoms with Gasteiger partial charge in [-0.2, -0.15) is 5.10 Å². The molecule has 0 radical (unpaired) electrons. The maximum Gasteiger partial charge on any atom is 0.233 e. The average Bonchev–Trinajstić information content (AvgIpc) is 2.55. The SMILES string of the molecule is CC(C)CCS(=O)(=O)Nc1nn(C)cc1CN. The molecule has 0 saturated carbocycles. The molecule has 1 aromatic rings. The molecule has 0 saturated heterocycles. The summed E-state index contributed by atoms with van der Waals surface area (Å²) in [5.41, 5.74) is 6.21. The molecule has 0 spiro atoms. The third-order valence-corrected chi connectivity index (χ3v) is 3.62. The third kappa shape index (κ3) is 4.35. The maximum atomic E-state index is 11.8. The molecule has 0 bridgehead atoms. The molecule has 1 aromatic heterocycles. The summed E-state index contributed by atoms with van der Waals surface area (Å²) < 4.78 is 27.6. The molecule has 0 fully saturated rings. The first-order chi connectivity index (χ1) is 7.84. The highest BCUT2D eigenvalue weighted by Gasteiger charge is 2.15. The molecule has 0 unspecified atom stereocenters. The fourth-order valence-corrected chi connectivity index (χ4v) is 2.71. The van der Waals surface area contributed by atoms with Gasteiger partial charge in [-0.05, 0) is 12.3 Å². The van der Waals surface area contributed by atoms with Crippen molar-refractivity contribution in [1.29, 1.82) is 0 Å². The van der Waals surface area contributed by atoms with E-state index < -0.39 is 10.0 Å². The van der Waals surface area contributed by atoms with Crippen molar-refractivity contribution in [2.24, 2.45) is 18.7 Å². The number of nitrogens with one attached hydrogen (secondary N) is 1. The van der Waals surface area contributed by atoms with Gasteiger partial charge in [-0.15, -0.1) is 0 Å². The molecule has 0 atom stereocenters. The van der Waals surface area contributed by atoms with Gasteiger partial charge in [0.1, 0.15) is 0 Å². The number of rotatable bonds is 6. The predicted octanol–water partition coefficient (Wildman–Crippen LogP) is 0.667. The van der Waals surface area contributed by atoms with Gasteiger partial charge in [0.05, 0.1) is 5.75 Å². The van der Waals surface area contributed by atoms with Crippen LogP contribution in [-0.4, -0.2) is 24.0 Å². The smallest absolute Gasteiger partial charge is 0.233 e. The average molecular weight is 260 g/mol. The Labute approximate surface area is 102 Å². The standard InChI is InChI=1S/C10H20N4O2S/c1-8(2)4-5-17(15,16)13-10-9(6-11)7-14(3)12-10/h7-8H,4-6,11H2,1-3H3,(H,12,13). The fraction of sp³-hybridized carbons (Fsp3) is 0.700. The van der Waals surface area contributed by atoms with E-state index in [1.807, 2.05) is 13.8 Å². The fourth-order valence-electron chi connectivity index (χ4n) is 1.36. The Bertz CT molecular complexity index is 465. The monoisotopic (exact) mass is 260 g/mol. The molecule has 0 aromatic carbocycles. The lowest BCUT2D eigenvalue weighted by Crippen LogP contribution is -2.19. The molecule has 0 aliphatic rings. The quantitative estimate of drug-likeness (QED) is 0.786. The number of aryl methyl sites for hydroxylation is 1. The van der Waals surface area contributed by atoms with Crippen LogP contribution in [0.25, 0.3) is 0 Å². The van der Waals surface area contributed by atoms with E-state index in [4.69, 9.17) is 5.73 Å². The van der Waals surface area contributed by atoms with E-state index >= 15 is 0 Å². The van der Waals surface area contributed by atoms with Gasteiger partial charge in [-0.3, -0.25) is 9.40 Å². The topological polar surface area (TPSA) is 90.0 Å². The third-order valence-electron chi connectivity index (χ3n) is 2.34. The number of hydrogen-bond donors (Lipinski definition) is 2. The van der Waals surface area contributed by atoms with Crippen LogP contribution in [0.4, 0.5) is 5.82 Å². The number of aromatic nitrogens is 2. The molecule has 1 rings (SSSR count). The Morgan fingerprint density at radius 2 is 2.18 bits per heavy atom. The maximum absolute atomic E-state index is 11.8. The zero-order chi connectivity index (χ0) is 13.1. The summed E-state index contributed by atoms with van der Waals surface area (Å²) in [5, 5.41) is 4.04. The van der Waals surface area contributed by atoms with Crippen LogP contribution in [0.3, 0.4) is 0 Å². The zero-order valence-electron chi connectivity index (χ0n) is 10.5.